The van der Waals surface area contributed by atoms with Gasteiger partial charge in [-0.2, -0.15) is 0 Å². The summed E-state index contributed by atoms with van der Waals surface area (Å²) in [4.78, 5) is 12.9. The lowest BCUT2D eigenvalue weighted by Crippen LogP contribution is -2.32. The van der Waals surface area contributed by atoms with Crippen LogP contribution in [0.3, 0.4) is 0 Å². The minimum absolute atomic E-state index is 0.172. The van der Waals surface area contributed by atoms with E-state index in [4.69, 9.17) is 9.97 Å². The second-order valence-electron chi connectivity index (χ2n) is 16.1. The molecule has 1 aliphatic heterocycles. The van der Waals surface area contributed by atoms with E-state index in [1.165, 1.54) is 70.3 Å². The third-order valence-electron chi connectivity index (χ3n) is 12.8. The van der Waals surface area contributed by atoms with Crippen molar-refractivity contribution in [1.29, 1.82) is 0 Å². The molecule has 1 aromatic heterocycles. The largest absolute Gasteiger partial charge is 0.228 e. The molecule has 278 valence electrons. The van der Waals surface area contributed by atoms with Gasteiger partial charge in [-0.1, -0.05) is 213 Å². The molecule has 12 rings (SSSR count). The molecule has 2 nitrogen and oxygen atoms in total. The van der Waals surface area contributed by atoms with E-state index in [1.807, 2.05) is 36.0 Å². The first kappa shape index (κ1) is 34.3. The van der Waals surface area contributed by atoms with Gasteiger partial charge in [-0.25, -0.2) is 9.97 Å². The number of hydrogen-bond donors (Lipinski definition) is 0. The maximum absolute atomic E-state index is 5.18. The lowest BCUT2D eigenvalue weighted by atomic mass is 9.66. The van der Waals surface area contributed by atoms with Gasteiger partial charge in [0.05, 0.1) is 16.8 Å². The Balaban J connectivity index is 1.04. The third kappa shape index (κ3) is 5.14. The minimum Gasteiger partial charge on any atom is -0.228 e. The molecule has 2 unspecified atom stereocenters. The van der Waals surface area contributed by atoms with Crippen molar-refractivity contribution >= 4 is 38.9 Å². The van der Waals surface area contributed by atoms with Crippen LogP contribution in [0.5, 0.6) is 0 Å². The Morgan fingerprint density at radius 3 is 1.80 bits per heavy atom. The van der Waals surface area contributed by atoms with Crippen LogP contribution in [-0.4, -0.2) is 9.97 Å². The Morgan fingerprint density at radius 1 is 0.508 bits per heavy atom. The molecule has 2 aliphatic carbocycles. The van der Waals surface area contributed by atoms with Crippen LogP contribution >= 0.6 is 11.8 Å². The van der Waals surface area contributed by atoms with Crippen LogP contribution in [0, 0.1) is 5.92 Å². The van der Waals surface area contributed by atoms with E-state index >= 15 is 0 Å². The van der Waals surface area contributed by atoms with Crippen LogP contribution in [0.1, 0.15) is 46.4 Å². The van der Waals surface area contributed by atoms with E-state index in [2.05, 4.69) is 183 Å². The van der Waals surface area contributed by atoms with Crippen LogP contribution < -0.4 is 0 Å². The van der Waals surface area contributed by atoms with Gasteiger partial charge < -0.3 is 0 Å². The fourth-order valence-corrected chi connectivity index (χ4v) is 11.7. The van der Waals surface area contributed by atoms with Crippen molar-refractivity contribution in [2.24, 2.45) is 5.92 Å². The maximum Gasteiger partial charge on any atom is 0.160 e. The summed E-state index contributed by atoms with van der Waals surface area (Å²) in [6, 6.07) is 66.6. The molecule has 2 atom stereocenters. The van der Waals surface area contributed by atoms with Crippen LogP contribution in [-0.2, 0) is 5.41 Å². The fourth-order valence-electron chi connectivity index (χ4n) is 10.2. The second kappa shape index (κ2) is 13.4. The average molecular weight is 771 g/mol. The molecular formula is C56H38N2S. The van der Waals surface area contributed by atoms with Crippen molar-refractivity contribution in [3.05, 3.63) is 234 Å². The Labute approximate surface area is 348 Å². The lowest BCUT2D eigenvalue weighted by Gasteiger charge is -2.40. The molecule has 0 fully saturated rings. The van der Waals surface area contributed by atoms with Crippen molar-refractivity contribution in [1.82, 2.24) is 9.97 Å². The first-order chi connectivity index (χ1) is 29.2. The first-order valence-electron chi connectivity index (χ1n) is 20.5. The first-order valence-corrected chi connectivity index (χ1v) is 21.3. The Morgan fingerprint density at radius 2 is 1.10 bits per heavy atom. The summed E-state index contributed by atoms with van der Waals surface area (Å²) < 4.78 is 0. The standard InChI is InChI=1S/C56H38N2S/c1-35-33-40(51-34-50(38-17-4-2-5-18-38)57-55(58-51)39-19-6-3-7-20-39)27-30-41(35)44-24-14-26-47-52(44)45-23-12-13-25-46(45)56(47)48-31-28-36-15-8-10-21-42(36)53(48)59-54-43-22-11-9-16-37(43)29-32-49(54)56/h2-35,41H,1H3. The van der Waals surface area contributed by atoms with Gasteiger partial charge >= 0.3 is 0 Å². The number of allylic oxidation sites excluding steroid dienone is 4. The van der Waals surface area contributed by atoms with Gasteiger partial charge in [-0.15, -0.1) is 0 Å². The van der Waals surface area contributed by atoms with Crippen molar-refractivity contribution < 1.29 is 0 Å². The molecule has 3 aliphatic rings. The molecule has 1 spiro atoms. The van der Waals surface area contributed by atoms with Gasteiger partial charge in [0.1, 0.15) is 0 Å². The molecular weight excluding hydrogens is 733 g/mol. The highest BCUT2D eigenvalue weighted by molar-refractivity contribution is 8.00. The van der Waals surface area contributed by atoms with E-state index in [0.29, 0.717) is 0 Å². The zero-order valence-electron chi connectivity index (χ0n) is 32.5. The molecule has 59 heavy (non-hydrogen) atoms. The summed E-state index contributed by atoms with van der Waals surface area (Å²) >= 11 is 1.95. The van der Waals surface area contributed by atoms with Crippen molar-refractivity contribution in [3.63, 3.8) is 0 Å². The summed E-state index contributed by atoms with van der Waals surface area (Å²) in [7, 11) is 0. The highest BCUT2D eigenvalue weighted by atomic mass is 32.2. The van der Waals surface area contributed by atoms with E-state index < -0.39 is 5.41 Å². The number of nitrogens with zero attached hydrogens (tertiary/aromatic N) is 2. The van der Waals surface area contributed by atoms with Gasteiger partial charge in [0.15, 0.2) is 5.82 Å². The third-order valence-corrected chi connectivity index (χ3v) is 14.1. The van der Waals surface area contributed by atoms with Crippen molar-refractivity contribution in [2.75, 3.05) is 0 Å². The summed E-state index contributed by atoms with van der Waals surface area (Å²) in [6.45, 7) is 2.36. The van der Waals surface area contributed by atoms with Crippen molar-refractivity contribution in [3.8, 4) is 33.8 Å². The monoisotopic (exact) mass is 770 g/mol. The Bertz CT molecular complexity index is 3070. The van der Waals surface area contributed by atoms with Gasteiger partial charge in [0.2, 0.25) is 0 Å². The molecule has 9 aromatic rings. The topological polar surface area (TPSA) is 25.8 Å². The van der Waals surface area contributed by atoms with Gasteiger partial charge in [0, 0.05) is 26.8 Å². The predicted molar refractivity (Wildman–Crippen MR) is 245 cm³/mol. The van der Waals surface area contributed by atoms with E-state index in [9.17, 15) is 0 Å². The lowest BCUT2D eigenvalue weighted by molar-refractivity contribution is 0.637. The molecule has 0 saturated carbocycles. The Kier molecular flexibility index (Phi) is 7.76. The van der Waals surface area contributed by atoms with Gasteiger partial charge in [-0.3, -0.25) is 0 Å². The highest BCUT2D eigenvalue weighted by Crippen LogP contribution is 2.65. The van der Waals surface area contributed by atoms with Gasteiger partial charge in [-0.05, 0) is 78.0 Å². The zero-order valence-corrected chi connectivity index (χ0v) is 33.3. The molecule has 2 heterocycles. The predicted octanol–water partition coefficient (Wildman–Crippen LogP) is 14.3. The molecule has 0 N–H and O–H groups in total. The quantitative estimate of drug-likeness (QED) is 0.178. The average Bonchev–Trinajstić information content (AvgIpc) is 3.60. The van der Waals surface area contributed by atoms with E-state index in [1.54, 1.807) is 0 Å². The SMILES string of the molecule is CC1C=C(c2cc(-c3ccccc3)nc(-c3ccccc3)n2)C=CC1c1cccc2c1-c1ccccc1C21c2ccc3ccccc3c2Sc2c1ccc1ccccc21. The summed E-state index contributed by atoms with van der Waals surface area (Å²) in [5.74, 6) is 1.13. The van der Waals surface area contributed by atoms with E-state index in [0.717, 1.165) is 33.9 Å². The van der Waals surface area contributed by atoms with Crippen LogP contribution in [0.15, 0.2) is 210 Å². The number of benzene rings is 8. The van der Waals surface area contributed by atoms with Gasteiger partial charge in [0.25, 0.3) is 0 Å². The molecule has 3 heteroatoms. The molecule has 0 amide bonds. The summed E-state index contributed by atoms with van der Waals surface area (Å²) in [5, 5.41) is 5.17. The molecule has 0 radical (unpaired) electrons. The number of hydrogen-bond acceptors (Lipinski definition) is 3. The molecule has 8 aromatic carbocycles. The number of fused-ring (bicyclic) bond motifs is 13. The number of rotatable bonds is 4. The van der Waals surface area contributed by atoms with Crippen LogP contribution in [0.2, 0.25) is 0 Å². The maximum atomic E-state index is 5.18. The number of aromatic nitrogens is 2. The normalized spacial score (nSPS) is 17.0. The Hall–Kier alpha value is -6.81. The van der Waals surface area contributed by atoms with Crippen molar-refractivity contribution in [2.45, 2.75) is 28.0 Å². The smallest absolute Gasteiger partial charge is 0.160 e. The van der Waals surface area contributed by atoms with Crippen LogP contribution in [0.4, 0.5) is 0 Å². The van der Waals surface area contributed by atoms with Crippen LogP contribution in [0.25, 0.3) is 60.9 Å². The second-order valence-corrected chi connectivity index (χ2v) is 17.1. The minimum atomic E-state index is -0.475. The summed E-state index contributed by atoms with van der Waals surface area (Å²) in [6.07, 6.45) is 7.15. The molecule has 0 bridgehead atoms. The summed E-state index contributed by atoms with van der Waals surface area (Å²) in [5.41, 5.74) is 14.1. The zero-order chi connectivity index (χ0) is 39.1. The fraction of sp³-hybridized carbons (Fsp3) is 0.0714. The molecule has 0 saturated heterocycles. The van der Waals surface area contributed by atoms with E-state index in [-0.39, 0.29) is 11.8 Å². The highest BCUT2D eigenvalue weighted by Gasteiger charge is 2.51.